The Balaban J connectivity index is 4.48. The summed E-state index contributed by atoms with van der Waals surface area (Å²) >= 11 is 0. The Morgan fingerprint density at radius 2 is 1.19 bits per heavy atom. The molecular weight excluding hydrogens is 747 g/mol. The quantitative estimate of drug-likeness (QED) is 0.0152. The van der Waals surface area contributed by atoms with Gasteiger partial charge in [0.25, 0.3) is 0 Å². The van der Waals surface area contributed by atoms with Crippen molar-refractivity contribution in [3.8, 4) is 0 Å². The highest BCUT2D eigenvalue weighted by atomic mass is 31.2. The average Bonchev–Trinajstić information content (AvgIpc) is 3.18. The minimum atomic E-state index is -4.67. The first-order valence-electron chi connectivity index (χ1n) is 22.1. The Hall–Kier alpha value is -2.11. The number of allylic oxidation sites excluding steroid dienone is 7. The molecule has 0 spiro atoms. The second-order valence-electron chi connectivity index (χ2n) is 15.4. The van der Waals surface area contributed by atoms with Crippen LogP contribution in [0.15, 0.2) is 48.6 Å². The van der Waals surface area contributed by atoms with Gasteiger partial charge in [0.15, 0.2) is 6.10 Å². The van der Waals surface area contributed by atoms with Crippen LogP contribution in [0.2, 0.25) is 0 Å². The van der Waals surface area contributed by atoms with Gasteiger partial charge in [-0.05, 0) is 50.9 Å². The Kier molecular flexibility index (Phi) is 37.9. The van der Waals surface area contributed by atoms with Gasteiger partial charge in [0.05, 0.1) is 25.9 Å². The maximum atomic E-state index is 12.6. The first-order valence-corrected chi connectivity index (χ1v) is 23.6. The molecule has 0 heterocycles. The molecule has 0 aliphatic carbocycles. The number of aliphatic hydroxyl groups excluding tert-OH is 3. The second kappa shape index (κ2) is 39.4. The smallest absolute Gasteiger partial charge is 0.462 e. The molecule has 0 aliphatic heterocycles. The second-order valence-corrected chi connectivity index (χ2v) is 16.9. The summed E-state index contributed by atoms with van der Waals surface area (Å²) in [6.07, 6.45) is 36.8. The summed E-state index contributed by atoms with van der Waals surface area (Å²) in [4.78, 5) is 35.0. The zero-order chi connectivity index (χ0) is 42.2. The fourth-order valence-electron chi connectivity index (χ4n) is 5.81. The SMILES string of the molecule is CCCCC/C=C\C/C=C\C/C=C\C=C\[C@H](O)CCCC(=O)O[C@H](COC(=O)CCCCCCCCCCCCCCCC(C)C)COP(=O)(O)OC[C@@H](O)CO. The van der Waals surface area contributed by atoms with Gasteiger partial charge in [0, 0.05) is 12.8 Å². The lowest BCUT2D eigenvalue weighted by Crippen LogP contribution is -2.30. The maximum Gasteiger partial charge on any atom is 0.472 e. The van der Waals surface area contributed by atoms with Crippen molar-refractivity contribution in [1.29, 1.82) is 0 Å². The van der Waals surface area contributed by atoms with E-state index in [4.69, 9.17) is 19.1 Å². The van der Waals surface area contributed by atoms with Crippen molar-refractivity contribution < 1.29 is 52.9 Å². The molecular formula is C45H81O11P. The van der Waals surface area contributed by atoms with E-state index in [1.165, 1.54) is 83.5 Å². The molecule has 12 heteroatoms. The number of rotatable bonds is 40. The number of ether oxygens (including phenoxy) is 2. The van der Waals surface area contributed by atoms with Crippen LogP contribution in [0.5, 0.6) is 0 Å². The van der Waals surface area contributed by atoms with Gasteiger partial charge in [-0.1, -0.05) is 166 Å². The molecule has 0 radical (unpaired) electrons. The van der Waals surface area contributed by atoms with Crippen LogP contribution < -0.4 is 0 Å². The van der Waals surface area contributed by atoms with Crippen LogP contribution in [0, 0.1) is 5.92 Å². The highest BCUT2D eigenvalue weighted by Gasteiger charge is 2.27. The van der Waals surface area contributed by atoms with E-state index in [0.29, 0.717) is 19.3 Å². The molecule has 0 amide bonds. The molecule has 1 unspecified atom stereocenters. The van der Waals surface area contributed by atoms with E-state index in [-0.39, 0.29) is 19.4 Å². The van der Waals surface area contributed by atoms with E-state index in [2.05, 4.69) is 49.6 Å². The zero-order valence-corrected chi connectivity index (χ0v) is 36.7. The summed E-state index contributed by atoms with van der Waals surface area (Å²) in [5.74, 6) is -0.317. The molecule has 0 aromatic carbocycles. The van der Waals surface area contributed by atoms with Crippen molar-refractivity contribution >= 4 is 19.8 Å². The Bertz CT molecular complexity index is 1120. The standard InChI is InChI=1S/C45H81O11P/c1-4-5-6-7-8-9-10-12-16-19-22-25-28-32-41(47)33-30-35-45(50)56-43(39-55-57(51,52)54-37-42(48)36-46)38-53-44(49)34-29-26-23-20-17-14-11-13-15-18-21-24-27-31-40(2)3/h8-9,12,16,22,25,28,32,40-43,46-48H,4-7,10-11,13-15,17-21,23-24,26-27,29-31,33-39H2,1-3H3,(H,51,52)/b9-8-,16-12-,25-22-,32-28+/t41-,42-,43+/m0/s1. The fraction of sp³-hybridized carbons (Fsp3) is 0.778. The lowest BCUT2D eigenvalue weighted by atomic mass is 10.0. The minimum absolute atomic E-state index is 0.0441. The van der Waals surface area contributed by atoms with Crippen LogP contribution >= 0.6 is 7.82 Å². The van der Waals surface area contributed by atoms with Crippen molar-refractivity contribution in [2.24, 2.45) is 5.92 Å². The summed E-state index contributed by atoms with van der Waals surface area (Å²) in [5.41, 5.74) is 0. The van der Waals surface area contributed by atoms with E-state index in [1.54, 1.807) is 12.2 Å². The lowest BCUT2D eigenvalue weighted by molar-refractivity contribution is -0.161. The summed E-state index contributed by atoms with van der Waals surface area (Å²) < 4.78 is 32.6. The summed E-state index contributed by atoms with van der Waals surface area (Å²) in [5, 5.41) is 28.6. The average molecular weight is 829 g/mol. The molecule has 0 bridgehead atoms. The molecule has 0 fully saturated rings. The molecule has 0 aromatic heterocycles. The first kappa shape index (κ1) is 54.9. The zero-order valence-electron chi connectivity index (χ0n) is 35.8. The molecule has 0 rings (SSSR count). The number of esters is 2. The monoisotopic (exact) mass is 829 g/mol. The van der Waals surface area contributed by atoms with Gasteiger partial charge < -0.3 is 29.7 Å². The largest absolute Gasteiger partial charge is 0.472 e. The van der Waals surface area contributed by atoms with Crippen molar-refractivity contribution in [3.63, 3.8) is 0 Å². The van der Waals surface area contributed by atoms with Crippen LogP contribution in [0.3, 0.4) is 0 Å². The van der Waals surface area contributed by atoms with Gasteiger partial charge in [-0.3, -0.25) is 18.6 Å². The van der Waals surface area contributed by atoms with Gasteiger partial charge in [0.2, 0.25) is 0 Å². The van der Waals surface area contributed by atoms with Gasteiger partial charge in [-0.15, -0.1) is 0 Å². The van der Waals surface area contributed by atoms with Gasteiger partial charge in [-0.25, -0.2) is 4.57 Å². The number of phosphoric ester groups is 1. The summed E-state index contributed by atoms with van der Waals surface area (Å²) in [6.45, 7) is 4.46. The minimum Gasteiger partial charge on any atom is -0.462 e. The van der Waals surface area contributed by atoms with Crippen molar-refractivity contribution in [2.75, 3.05) is 26.4 Å². The number of aliphatic hydroxyl groups is 3. The molecule has 4 atom stereocenters. The van der Waals surface area contributed by atoms with Gasteiger partial charge >= 0.3 is 19.8 Å². The number of hydrogen-bond acceptors (Lipinski definition) is 10. The van der Waals surface area contributed by atoms with Gasteiger partial charge in [0.1, 0.15) is 12.7 Å². The number of carbonyl (C=O) groups is 2. The number of carbonyl (C=O) groups excluding carboxylic acids is 2. The third kappa shape index (κ3) is 40.5. The maximum absolute atomic E-state index is 12.6. The molecule has 332 valence electrons. The predicted molar refractivity (Wildman–Crippen MR) is 230 cm³/mol. The topological polar surface area (TPSA) is 169 Å². The van der Waals surface area contributed by atoms with E-state index in [1.807, 2.05) is 12.2 Å². The van der Waals surface area contributed by atoms with Crippen molar-refractivity contribution in [1.82, 2.24) is 0 Å². The molecule has 0 saturated heterocycles. The van der Waals surface area contributed by atoms with E-state index in [0.717, 1.165) is 44.4 Å². The van der Waals surface area contributed by atoms with Crippen LogP contribution in [0.4, 0.5) is 0 Å². The summed E-state index contributed by atoms with van der Waals surface area (Å²) in [6, 6.07) is 0. The first-order chi connectivity index (χ1) is 27.5. The van der Waals surface area contributed by atoms with Gasteiger partial charge in [-0.2, -0.15) is 0 Å². The van der Waals surface area contributed by atoms with Crippen LogP contribution in [0.1, 0.15) is 175 Å². The number of unbranched alkanes of at least 4 members (excludes halogenated alkanes) is 15. The Morgan fingerprint density at radius 1 is 0.632 bits per heavy atom. The summed E-state index contributed by atoms with van der Waals surface area (Å²) in [7, 11) is -4.67. The van der Waals surface area contributed by atoms with Crippen LogP contribution in [-0.2, 0) is 32.7 Å². The molecule has 0 saturated carbocycles. The molecule has 0 aromatic rings. The highest BCUT2D eigenvalue weighted by Crippen LogP contribution is 2.43. The molecule has 0 aliphatic rings. The molecule has 11 nitrogen and oxygen atoms in total. The lowest BCUT2D eigenvalue weighted by Gasteiger charge is -2.20. The van der Waals surface area contributed by atoms with Crippen molar-refractivity contribution in [3.05, 3.63) is 48.6 Å². The third-order valence-corrected chi connectivity index (χ3v) is 10.2. The number of phosphoric acid groups is 1. The number of hydrogen-bond donors (Lipinski definition) is 4. The highest BCUT2D eigenvalue weighted by molar-refractivity contribution is 7.47. The van der Waals surface area contributed by atoms with Crippen molar-refractivity contribution in [2.45, 2.75) is 193 Å². The normalized spacial score (nSPS) is 14.9. The third-order valence-electron chi connectivity index (χ3n) is 9.27. The molecule has 57 heavy (non-hydrogen) atoms. The fourth-order valence-corrected chi connectivity index (χ4v) is 6.60. The van der Waals surface area contributed by atoms with E-state index >= 15 is 0 Å². The predicted octanol–water partition coefficient (Wildman–Crippen LogP) is 10.6. The van der Waals surface area contributed by atoms with Crippen LogP contribution in [0.25, 0.3) is 0 Å². The van der Waals surface area contributed by atoms with E-state index < -0.39 is 57.9 Å². The van der Waals surface area contributed by atoms with E-state index in [9.17, 15) is 29.3 Å². The van der Waals surface area contributed by atoms with Crippen LogP contribution in [-0.4, -0.2) is 76.9 Å². The molecule has 4 N–H and O–H groups in total. The Morgan fingerprint density at radius 3 is 1.81 bits per heavy atom. The Labute approximate surface area is 346 Å².